The van der Waals surface area contributed by atoms with E-state index in [0.29, 0.717) is 5.69 Å². The molecule has 1 aromatic carbocycles. The number of carbonyl (C=O) groups is 2. The van der Waals surface area contributed by atoms with Gasteiger partial charge in [0, 0.05) is 4.47 Å². The molecule has 4 nitrogen and oxygen atoms in total. The van der Waals surface area contributed by atoms with Crippen molar-refractivity contribution < 1.29 is 14.3 Å². The third kappa shape index (κ3) is 1.56. The van der Waals surface area contributed by atoms with Crippen LogP contribution in [0.5, 0.6) is 0 Å². The maximum absolute atomic E-state index is 12.9. The van der Waals surface area contributed by atoms with Crippen molar-refractivity contribution in [2.75, 3.05) is 4.90 Å². The SMILES string of the molecule is Cc1ccc(N2C(=O)C3C(C2=O)C2(C)C=CC3(C)O2)cc1Br. The van der Waals surface area contributed by atoms with E-state index in [1.165, 1.54) is 4.90 Å². The second-order valence-corrected chi connectivity index (χ2v) is 7.56. The van der Waals surface area contributed by atoms with Gasteiger partial charge < -0.3 is 4.74 Å². The average Bonchev–Trinajstić information content (AvgIpc) is 2.99. The largest absolute Gasteiger partial charge is 0.359 e. The molecule has 0 saturated carbocycles. The van der Waals surface area contributed by atoms with Crippen LogP contribution in [0, 0.1) is 18.8 Å². The van der Waals surface area contributed by atoms with Gasteiger partial charge in [-0.2, -0.15) is 0 Å². The number of carbonyl (C=O) groups excluding carboxylic acids is 2. The molecule has 4 atom stereocenters. The summed E-state index contributed by atoms with van der Waals surface area (Å²) >= 11 is 3.47. The third-order valence-electron chi connectivity index (χ3n) is 5.14. The van der Waals surface area contributed by atoms with Gasteiger partial charge in [0.05, 0.1) is 28.7 Å². The maximum atomic E-state index is 12.9. The normalized spacial score (nSPS) is 39.0. The molecule has 5 heteroatoms. The Morgan fingerprint density at radius 3 is 2.14 bits per heavy atom. The molecular weight excluding hydrogens is 346 g/mol. The number of amides is 2. The minimum absolute atomic E-state index is 0.165. The minimum atomic E-state index is -0.678. The summed E-state index contributed by atoms with van der Waals surface area (Å²) in [4.78, 5) is 27.1. The molecule has 22 heavy (non-hydrogen) atoms. The molecule has 2 fully saturated rings. The first-order valence-corrected chi connectivity index (χ1v) is 8.11. The highest BCUT2D eigenvalue weighted by atomic mass is 79.9. The van der Waals surface area contributed by atoms with E-state index < -0.39 is 23.0 Å². The Labute approximate surface area is 137 Å². The van der Waals surface area contributed by atoms with Gasteiger partial charge in [0.2, 0.25) is 11.8 Å². The van der Waals surface area contributed by atoms with Crippen molar-refractivity contribution in [2.24, 2.45) is 11.8 Å². The monoisotopic (exact) mass is 361 g/mol. The Morgan fingerprint density at radius 2 is 1.64 bits per heavy atom. The number of rotatable bonds is 1. The number of aryl methyl sites for hydroxylation is 1. The molecule has 1 aromatic rings. The molecule has 2 saturated heterocycles. The molecule has 3 aliphatic heterocycles. The lowest BCUT2D eigenvalue weighted by Crippen LogP contribution is -2.39. The lowest BCUT2D eigenvalue weighted by Gasteiger charge is -2.25. The van der Waals surface area contributed by atoms with Crippen LogP contribution in [0.4, 0.5) is 5.69 Å². The Kier molecular flexibility index (Phi) is 2.63. The van der Waals surface area contributed by atoms with Crippen molar-refractivity contribution in [1.29, 1.82) is 0 Å². The van der Waals surface area contributed by atoms with Gasteiger partial charge in [0.15, 0.2) is 0 Å². The first-order valence-electron chi connectivity index (χ1n) is 7.31. The van der Waals surface area contributed by atoms with Gasteiger partial charge in [-0.05, 0) is 38.5 Å². The van der Waals surface area contributed by atoms with Gasteiger partial charge in [-0.25, -0.2) is 4.90 Å². The van der Waals surface area contributed by atoms with Crippen molar-refractivity contribution in [3.05, 3.63) is 40.4 Å². The van der Waals surface area contributed by atoms with Crippen LogP contribution >= 0.6 is 15.9 Å². The number of hydrogen-bond acceptors (Lipinski definition) is 3. The van der Waals surface area contributed by atoms with E-state index in [1.54, 1.807) is 0 Å². The quantitative estimate of drug-likeness (QED) is 0.570. The van der Waals surface area contributed by atoms with Crippen LogP contribution in [-0.2, 0) is 14.3 Å². The summed E-state index contributed by atoms with van der Waals surface area (Å²) in [5.41, 5.74) is 0.326. The van der Waals surface area contributed by atoms with Crippen LogP contribution in [-0.4, -0.2) is 23.0 Å². The molecular formula is C17H16BrNO3. The van der Waals surface area contributed by atoms with E-state index in [4.69, 9.17) is 4.74 Å². The molecule has 0 aliphatic carbocycles. The number of halogens is 1. The van der Waals surface area contributed by atoms with Crippen molar-refractivity contribution in [1.82, 2.24) is 0 Å². The molecule has 0 N–H and O–H groups in total. The van der Waals surface area contributed by atoms with Crippen LogP contribution in [0.15, 0.2) is 34.8 Å². The zero-order valence-corrected chi connectivity index (χ0v) is 14.2. The second-order valence-electron chi connectivity index (χ2n) is 6.70. The van der Waals surface area contributed by atoms with Crippen molar-refractivity contribution in [3.63, 3.8) is 0 Å². The van der Waals surface area contributed by atoms with Crippen LogP contribution in [0.25, 0.3) is 0 Å². The van der Waals surface area contributed by atoms with E-state index in [1.807, 2.05) is 51.1 Å². The third-order valence-corrected chi connectivity index (χ3v) is 5.99. The summed E-state index contributed by atoms with van der Waals surface area (Å²) in [6.07, 6.45) is 3.85. The highest BCUT2D eigenvalue weighted by molar-refractivity contribution is 9.10. The summed E-state index contributed by atoms with van der Waals surface area (Å²) in [6.45, 7) is 5.74. The fourth-order valence-corrected chi connectivity index (χ4v) is 4.37. The molecule has 4 unspecified atom stereocenters. The second kappa shape index (κ2) is 4.09. The Morgan fingerprint density at radius 1 is 1.09 bits per heavy atom. The standard InChI is InChI=1S/C17H16BrNO3/c1-9-4-5-10(8-11(9)18)19-14(20)12-13(15(19)21)17(3)7-6-16(12,2)22-17/h4-8,12-13H,1-3H3. The molecule has 2 bridgehead atoms. The van der Waals surface area contributed by atoms with Crippen LogP contribution in [0.1, 0.15) is 19.4 Å². The van der Waals surface area contributed by atoms with Crippen molar-refractivity contribution in [2.45, 2.75) is 32.0 Å². The van der Waals surface area contributed by atoms with Gasteiger partial charge in [-0.1, -0.05) is 34.1 Å². The Hall–Kier alpha value is -1.46. The van der Waals surface area contributed by atoms with Gasteiger partial charge in [-0.15, -0.1) is 0 Å². The van der Waals surface area contributed by atoms with E-state index in [0.717, 1.165) is 10.0 Å². The lowest BCUT2D eigenvalue weighted by molar-refractivity contribution is -0.128. The predicted octanol–water partition coefficient (Wildman–Crippen LogP) is 2.98. The smallest absolute Gasteiger partial charge is 0.241 e. The van der Waals surface area contributed by atoms with Gasteiger partial charge in [-0.3, -0.25) is 9.59 Å². The Bertz CT molecular complexity index is 722. The predicted molar refractivity (Wildman–Crippen MR) is 85.4 cm³/mol. The summed E-state index contributed by atoms with van der Waals surface area (Å²) in [5, 5.41) is 0. The van der Waals surface area contributed by atoms with Gasteiger partial charge in [0.25, 0.3) is 0 Å². The number of benzene rings is 1. The zero-order chi connectivity index (χ0) is 15.9. The fourth-order valence-electron chi connectivity index (χ4n) is 4.01. The van der Waals surface area contributed by atoms with Crippen LogP contribution < -0.4 is 4.90 Å². The van der Waals surface area contributed by atoms with Crippen molar-refractivity contribution in [3.8, 4) is 0 Å². The molecule has 0 radical (unpaired) electrons. The van der Waals surface area contributed by atoms with E-state index in [9.17, 15) is 9.59 Å². The number of nitrogens with zero attached hydrogens (tertiary/aromatic N) is 1. The highest BCUT2D eigenvalue weighted by Gasteiger charge is 2.70. The van der Waals surface area contributed by atoms with Gasteiger partial charge in [0.1, 0.15) is 0 Å². The maximum Gasteiger partial charge on any atom is 0.241 e. The molecule has 0 spiro atoms. The van der Waals surface area contributed by atoms with E-state index in [-0.39, 0.29) is 11.8 Å². The topological polar surface area (TPSA) is 46.6 Å². The molecule has 3 aliphatic rings. The molecule has 114 valence electrons. The summed E-state index contributed by atoms with van der Waals surface area (Å²) in [5.74, 6) is -1.20. The van der Waals surface area contributed by atoms with Crippen molar-refractivity contribution >= 4 is 33.4 Å². The number of fused-ring (bicyclic) bond motifs is 5. The number of anilines is 1. The summed E-state index contributed by atoms with van der Waals surface area (Å²) in [7, 11) is 0. The lowest BCUT2D eigenvalue weighted by atomic mass is 9.73. The van der Waals surface area contributed by atoms with Gasteiger partial charge >= 0.3 is 0 Å². The Balaban J connectivity index is 1.81. The van der Waals surface area contributed by atoms with Crippen LogP contribution in [0.2, 0.25) is 0 Å². The zero-order valence-electron chi connectivity index (χ0n) is 12.6. The van der Waals surface area contributed by atoms with Crippen LogP contribution in [0.3, 0.4) is 0 Å². The molecule has 3 heterocycles. The first kappa shape index (κ1) is 14.2. The first-order chi connectivity index (χ1) is 10.3. The summed E-state index contributed by atoms with van der Waals surface area (Å²) < 4.78 is 6.88. The number of imide groups is 1. The number of hydrogen-bond donors (Lipinski definition) is 0. The molecule has 2 amide bonds. The molecule has 0 aromatic heterocycles. The van der Waals surface area contributed by atoms with E-state index in [2.05, 4.69) is 15.9 Å². The fraction of sp³-hybridized carbons (Fsp3) is 0.412. The van der Waals surface area contributed by atoms with E-state index >= 15 is 0 Å². The average molecular weight is 362 g/mol. The molecule has 4 rings (SSSR count). The minimum Gasteiger partial charge on any atom is -0.359 e. The highest BCUT2D eigenvalue weighted by Crippen LogP contribution is 2.57. The summed E-state index contributed by atoms with van der Waals surface area (Å²) in [6, 6.07) is 5.55. The number of ether oxygens (including phenoxy) is 1.